The number of nitrogens with two attached hydrogens (primary N) is 1. The van der Waals surface area contributed by atoms with Crippen LogP contribution in [0.4, 0.5) is 0 Å². The SMILES string of the molecule is COC(=O)Cn1c(=NC(=O)c2ccc(S(=O)(=O)N3C[C@@H](C)O[C@H](C)C3)cc2)sc2cc(S(N)(=O)=O)ccc21. The smallest absolute Gasteiger partial charge is 0.325 e. The Hall–Kier alpha value is -2.95. The molecule has 1 aromatic heterocycles. The van der Waals surface area contributed by atoms with Crippen LogP contribution in [0.2, 0.25) is 0 Å². The number of carbonyl (C=O) groups excluding carboxylic acids is 2. The van der Waals surface area contributed by atoms with Gasteiger partial charge in [0.15, 0.2) is 4.80 Å². The largest absolute Gasteiger partial charge is 0.468 e. The molecule has 2 atom stereocenters. The summed E-state index contributed by atoms with van der Waals surface area (Å²) in [5.74, 6) is -1.28. The van der Waals surface area contributed by atoms with E-state index in [4.69, 9.17) is 14.6 Å². The van der Waals surface area contributed by atoms with E-state index in [9.17, 15) is 26.4 Å². The van der Waals surface area contributed by atoms with Gasteiger partial charge in [-0.3, -0.25) is 9.59 Å². The first-order chi connectivity index (χ1) is 17.8. The molecule has 0 saturated carbocycles. The number of methoxy groups -OCH3 is 1. The summed E-state index contributed by atoms with van der Waals surface area (Å²) in [7, 11) is -6.55. The summed E-state index contributed by atoms with van der Waals surface area (Å²) < 4.78 is 63.3. The van der Waals surface area contributed by atoms with Crippen molar-refractivity contribution >= 4 is 53.5 Å². The van der Waals surface area contributed by atoms with Crippen molar-refractivity contribution in [1.82, 2.24) is 8.87 Å². The van der Waals surface area contributed by atoms with Gasteiger partial charge in [-0.15, -0.1) is 0 Å². The average molecular weight is 583 g/mol. The van der Waals surface area contributed by atoms with Crippen molar-refractivity contribution in [2.75, 3.05) is 20.2 Å². The van der Waals surface area contributed by atoms with E-state index < -0.39 is 31.9 Å². The molecule has 0 bridgehead atoms. The minimum atomic E-state index is -3.97. The highest BCUT2D eigenvalue weighted by molar-refractivity contribution is 7.89. The molecule has 1 fully saturated rings. The highest BCUT2D eigenvalue weighted by Crippen LogP contribution is 2.23. The number of benzene rings is 2. The highest BCUT2D eigenvalue weighted by Gasteiger charge is 2.32. The van der Waals surface area contributed by atoms with Gasteiger partial charge < -0.3 is 14.0 Å². The standard InChI is InChI=1S/C23H26N4O8S3/c1-14-11-26(12-15(2)35-14)38(32,33)17-6-4-16(5-7-17)22(29)25-23-27(13-21(28)34-3)19-9-8-18(37(24,30)31)10-20(19)36-23/h4-10,14-15H,11-13H2,1-3H3,(H2,24,30,31)/t14-,15-/m1/s1. The Labute approximate surface area is 223 Å². The van der Waals surface area contributed by atoms with Gasteiger partial charge in [0.05, 0.1) is 39.3 Å². The van der Waals surface area contributed by atoms with Gasteiger partial charge in [-0.1, -0.05) is 11.3 Å². The molecular weight excluding hydrogens is 556 g/mol. The minimum absolute atomic E-state index is 0.0356. The van der Waals surface area contributed by atoms with E-state index in [1.54, 1.807) is 13.8 Å². The van der Waals surface area contributed by atoms with Gasteiger partial charge in [-0.2, -0.15) is 9.30 Å². The van der Waals surface area contributed by atoms with E-state index in [1.807, 2.05) is 0 Å². The molecule has 0 radical (unpaired) electrons. The number of carbonyl (C=O) groups is 2. The van der Waals surface area contributed by atoms with Gasteiger partial charge in [-0.25, -0.2) is 22.0 Å². The normalized spacial score (nSPS) is 19.5. The molecule has 2 aromatic carbocycles. The fourth-order valence-electron chi connectivity index (χ4n) is 4.06. The van der Waals surface area contributed by atoms with Crippen molar-refractivity contribution in [3.8, 4) is 0 Å². The van der Waals surface area contributed by atoms with Crippen LogP contribution in [0.3, 0.4) is 0 Å². The molecule has 12 nitrogen and oxygen atoms in total. The van der Waals surface area contributed by atoms with E-state index in [0.29, 0.717) is 10.2 Å². The Bertz CT molecular complexity index is 1670. The molecular formula is C23H26N4O8S3. The maximum absolute atomic E-state index is 13.1. The van der Waals surface area contributed by atoms with Gasteiger partial charge in [0.25, 0.3) is 5.91 Å². The van der Waals surface area contributed by atoms with Crippen LogP contribution in [-0.4, -0.2) is 70.0 Å². The Kier molecular flexibility index (Phi) is 7.88. The average Bonchev–Trinajstić information content (AvgIpc) is 3.18. The number of hydrogen-bond acceptors (Lipinski definition) is 9. The molecule has 1 amide bonds. The summed E-state index contributed by atoms with van der Waals surface area (Å²) in [5, 5.41) is 5.22. The van der Waals surface area contributed by atoms with Gasteiger partial charge >= 0.3 is 5.97 Å². The fourth-order valence-corrected chi connectivity index (χ4v) is 7.33. The van der Waals surface area contributed by atoms with E-state index in [0.717, 1.165) is 11.3 Å². The van der Waals surface area contributed by atoms with Crippen molar-refractivity contribution in [2.24, 2.45) is 10.1 Å². The molecule has 1 saturated heterocycles. The predicted octanol–water partition coefficient (Wildman–Crippen LogP) is 1.06. The zero-order valence-electron chi connectivity index (χ0n) is 20.7. The Morgan fingerprint density at radius 3 is 2.24 bits per heavy atom. The molecule has 0 aliphatic carbocycles. The lowest BCUT2D eigenvalue weighted by molar-refractivity contribution is -0.141. The monoisotopic (exact) mass is 582 g/mol. The Morgan fingerprint density at radius 1 is 1.05 bits per heavy atom. The maximum Gasteiger partial charge on any atom is 0.325 e. The number of primary sulfonamides is 1. The second-order valence-corrected chi connectivity index (χ2v) is 13.3. The molecule has 3 aromatic rings. The highest BCUT2D eigenvalue weighted by atomic mass is 32.2. The third-order valence-electron chi connectivity index (χ3n) is 5.82. The van der Waals surface area contributed by atoms with Crippen LogP contribution < -0.4 is 9.94 Å². The summed E-state index contributed by atoms with van der Waals surface area (Å²) in [6.07, 6.45) is -0.487. The molecule has 1 aliphatic rings. The number of sulfonamides is 2. The van der Waals surface area contributed by atoms with Gasteiger partial charge in [0, 0.05) is 18.7 Å². The van der Waals surface area contributed by atoms with Crippen LogP contribution in [0.5, 0.6) is 0 Å². The Balaban J connectivity index is 1.69. The third kappa shape index (κ3) is 5.87. The maximum atomic E-state index is 13.1. The zero-order chi connectivity index (χ0) is 27.8. The van der Waals surface area contributed by atoms with E-state index in [-0.39, 0.29) is 52.0 Å². The summed E-state index contributed by atoms with van der Waals surface area (Å²) in [4.78, 5) is 29.2. The number of fused-ring (bicyclic) bond motifs is 1. The van der Waals surface area contributed by atoms with Gasteiger partial charge in [0.1, 0.15) is 6.54 Å². The first-order valence-electron chi connectivity index (χ1n) is 11.4. The van der Waals surface area contributed by atoms with E-state index >= 15 is 0 Å². The predicted molar refractivity (Wildman–Crippen MR) is 138 cm³/mol. The lowest BCUT2D eigenvalue weighted by atomic mass is 10.2. The number of esters is 1. The summed E-state index contributed by atoms with van der Waals surface area (Å²) in [5.41, 5.74) is 0.578. The van der Waals surface area contributed by atoms with Crippen molar-refractivity contribution in [1.29, 1.82) is 0 Å². The number of thiazole rings is 1. The Morgan fingerprint density at radius 2 is 1.66 bits per heavy atom. The van der Waals surface area contributed by atoms with Crippen LogP contribution in [0.25, 0.3) is 10.2 Å². The zero-order valence-corrected chi connectivity index (χ0v) is 23.2. The topological polar surface area (TPSA) is 167 Å². The summed E-state index contributed by atoms with van der Waals surface area (Å²) in [6, 6.07) is 9.50. The first-order valence-corrected chi connectivity index (χ1v) is 15.2. The molecule has 2 heterocycles. The number of ether oxygens (including phenoxy) is 2. The first kappa shape index (κ1) is 28.1. The number of nitrogens with zero attached hydrogens (tertiary/aromatic N) is 3. The van der Waals surface area contributed by atoms with Crippen LogP contribution in [0.1, 0.15) is 24.2 Å². The number of hydrogen-bond donors (Lipinski definition) is 1. The second-order valence-electron chi connectivity index (χ2n) is 8.74. The molecule has 4 rings (SSSR count). The summed E-state index contributed by atoms with van der Waals surface area (Å²) in [6.45, 7) is 3.78. The van der Waals surface area contributed by atoms with E-state index in [1.165, 1.54) is 58.4 Å². The molecule has 1 aliphatic heterocycles. The van der Waals surface area contributed by atoms with Crippen molar-refractivity contribution in [2.45, 2.75) is 42.4 Å². The molecule has 0 unspecified atom stereocenters. The van der Waals surface area contributed by atoms with Crippen molar-refractivity contribution in [3.63, 3.8) is 0 Å². The molecule has 15 heteroatoms. The number of aromatic nitrogens is 1. The third-order valence-corrected chi connectivity index (χ3v) is 9.62. The van der Waals surface area contributed by atoms with Gasteiger partial charge in [0.2, 0.25) is 20.0 Å². The van der Waals surface area contributed by atoms with Crippen LogP contribution in [-0.2, 0) is 40.9 Å². The van der Waals surface area contributed by atoms with Crippen molar-refractivity contribution < 1.29 is 35.9 Å². The van der Waals surface area contributed by atoms with Crippen LogP contribution >= 0.6 is 11.3 Å². The lowest BCUT2D eigenvalue weighted by Gasteiger charge is -2.34. The van der Waals surface area contributed by atoms with Crippen LogP contribution in [0, 0.1) is 0 Å². The molecule has 2 N–H and O–H groups in total. The molecule has 0 spiro atoms. The fraction of sp³-hybridized carbons (Fsp3) is 0.348. The van der Waals surface area contributed by atoms with Gasteiger partial charge in [-0.05, 0) is 56.3 Å². The number of amides is 1. The minimum Gasteiger partial charge on any atom is -0.468 e. The summed E-state index contributed by atoms with van der Waals surface area (Å²) >= 11 is 0.989. The van der Waals surface area contributed by atoms with Crippen molar-refractivity contribution in [3.05, 3.63) is 52.8 Å². The van der Waals surface area contributed by atoms with E-state index in [2.05, 4.69) is 4.99 Å². The second kappa shape index (κ2) is 10.7. The quantitative estimate of drug-likeness (QED) is 0.421. The molecule has 204 valence electrons. The lowest BCUT2D eigenvalue weighted by Crippen LogP contribution is -2.48. The number of morpholine rings is 1. The van der Waals surface area contributed by atoms with Crippen LogP contribution in [0.15, 0.2) is 57.2 Å². The number of rotatable bonds is 6. The molecule has 38 heavy (non-hydrogen) atoms.